The van der Waals surface area contributed by atoms with Gasteiger partial charge in [0.15, 0.2) is 5.58 Å². The Labute approximate surface area is 444 Å². The highest BCUT2D eigenvalue weighted by Gasteiger charge is 2.21. The molecular formula is C70H42N6O2. The van der Waals surface area contributed by atoms with E-state index in [4.69, 9.17) is 18.8 Å². The molecule has 18 rings (SSSR count). The van der Waals surface area contributed by atoms with E-state index in [1.807, 2.05) is 18.6 Å². The molecule has 78 heavy (non-hydrogen) atoms. The minimum Gasteiger partial charge on any atom is -0.454 e. The molecule has 0 aliphatic rings. The predicted molar refractivity (Wildman–Crippen MR) is 320 cm³/mol. The van der Waals surface area contributed by atoms with Crippen LogP contribution in [-0.4, -0.2) is 28.2 Å². The first-order chi connectivity index (χ1) is 38.7. The molecule has 0 unspecified atom stereocenters. The third kappa shape index (κ3) is 6.10. The van der Waals surface area contributed by atoms with Crippen LogP contribution in [0.25, 0.3) is 154 Å². The molecule has 364 valence electrons. The van der Waals surface area contributed by atoms with Gasteiger partial charge in [-0.15, -0.1) is 0 Å². The maximum atomic E-state index is 6.58. The van der Waals surface area contributed by atoms with Gasteiger partial charge in [-0.2, -0.15) is 0 Å². The summed E-state index contributed by atoms with van der Waals surface area (Å²) < 4.78 is 22.1. The number of fused-ring (bicyclic) bond motifs is 18. The summed E-state index contributed by atoms with van der Waals surface area (Å²) in [4.78, 5) is 9.50. The van der Waals surface area contributed by atoms with Crippen LogP contribution in [0.4, 0.5) is 0 Å². The average Bonchev–Trinajstić information content (AvgIpc) is 4.53. The summed E-state index contributed by atoms with van der Waals surface area (Å²) in [7, 11) is 0. The van der Waals surface area contributed by atoms with Gasteiger partial charge in [-0.25, -0.2) is 4.98 Å². The van der Waals surface area contributed by atoms with Crippen molar-refractivity contribution in [1.29, 1.82) is 0 Å². The number of aromatic nitrogens is 6. The number of hydrogen-bond acceptors (Lipinski definition) is 4. The molecule has 0 aliphatic carbocycles. The van der Waals surface area contributed by atoms with Gasteiger partial charge in [0.05, 0.1) is 67.6 Å². The largest absolute Gasteiger partial charge is 0.454 e. The van der Waals surface area contributed by atoms with Gasteiger partial charge < -0.3 is 27.1 Å². The lowest BCUT2D eigenvalue weighted by molar-refractivity contribution is 0.654. The molecule has 0 fully saturated rings. The maximum Gasteiger partial charge on any atom is 0.227 e. The van der Waals surface area contributed by atoms with Gasteiger partial charge in [0.25, 0.3) is 0 Å². The summed E-state index contributed by atoms with van der Waals surface area (Å²) in [5.41, 5.74) is 16.7. The molecule has 8 heterocycles. The molecule has 0 N–H and O–H groups in total. The third-order valence-electron chi connectivity index (χ3n) is 16.0. The fourth-order valence-electron chi connectivity index (χ4n) is 12.6. The van der Waals surface area contributed by atoms with E-state index in [9.17, 15) is 0 Å². The summed E-state index contributed by atoms with van der Waals surface area (Å²) >= 11 is 0. The van der Waals surface area contributed by atoms with E-state index in [0.29, 0.717) is 5.71 Å². The van der Waals surface area contributed by atoms with E-state index in [-0.39, 0.29) is 0 Å². The van der Waals surface area contributed by atoms with Crippen molar-refractivity contribution in [2.75, 3.05) is 0 Å². The van der Waals surface area contributed by atoms with Crippen LogP contribution in [0.2, 0.25) is 0 Å². The lowest BCUT2D eigenvalue weighted by Gasteiger charge is -2.08. The van der Waals surface area contributed by atoms with Crippen molar-refractivity contribution in [3.63, 3.8) is 0 Å². The number of benzene rings is 10. The van der Waals surface area contributed by atoms with E-state index in [2.05, 4.69) is 255 Å². The van der Waals surface area contributed by atoms with E-state index >= 15 is 0 Å². The predicted octanol–water partition coefficient (Wildman–Crippen LogP) is 18.4. The van der Waals surface area contributed by atoms with Crippen molar-refractivity contribution < 1.29 is 8.83 Å². The maximum absolute atomic E-state index is 6.58. The number of pyridine rings is 2. The molecule has 0 saturated carbocycles. The first kappa shape index (κ1) is 42.6. The zero-order valence-corrected chi connectivity index (χ0v) is 41.7. The van der Waals surface area contributed by atoms with Gasteiger partial charge >= 0.3 is 0 Å². The molecule has 0 radical (unpaired) electrons. The number of rotatable bonds is 4. The summed E-state index contributed by atoms with van der Waals surface area (Å²) in [6.45, 7) is 0. The molecule has 18 aromatic rings. The first-order valence-corrected chi connectivity index (χ1v) is 26.3. The molecule has 0 aliphatic heterocycles. The topological polar surface area (TPSA) is 71.8 Å². The summed E-state index contributed by atoms with van der Waals surface area (Å²) in [5, 5.41) is 14.0. The Balaban J connectivity index is 0.000000126. The van der Waals surface area contributed by atoms with Gasteiger partial charge in [-0.3, -0.25) is 4.98 Å². The monoisotopic (exact) mass is 998 g/mol. The smallest absolute Gasteiger partial charge is 0.227 e. The van der Waals surface area contributed by atoms with Crippen LogP contribution < -0.4 is 0 Å². The number of hydrogen-bond donors (Lipinski definition) is 0. The Morgan fingerprint density at radius 1 is 0.256 bits per heavy atom. The SMILES string of the molecule is c1ccc2c(c1)c1ccccc1n2-c1ccc2oc3c(-n4c5ccccc5c5ccccc54)cncc3c2c1.c1ccc2c(c1)c1ccccc1n2-c1ccc2oc3ncc(-n4c5ccccc5c5ccccc54)cc3c2c1. The van der Waals surface area contributed by atoms with Crippen molar-refractivity contribution >= 4 is 131 Å². The second-order valence-electron chi connectivity index (χ2n) is 20.1. The fraction of sp³-hybridized carbons (Fsp3) is 0. The van der Waals surface area contributed by atoms with Crippen LogP contribution in [0.3, 0.4) is 0 Å². The van der Waals surface area contributed by atoms with Gasteiger partial charge in [-0.1, -0.05) is 146 Å². The van der Waals surface area contributed by atoms with Crippen molar-refractivity contribution in [3.05, 3.63) is 255 Å². The van der Waals surface area contributed by atoms with Gasteiger partial charge in [-0.05, 0) is 91.0 Å². The lowest BCUT2D eigenvalue weighted by Crippen LogP contribution is -1.95. The lowest BCUT2D eigenvalue weighted by atomic mass is 10.1. The molecule has 0 bridgehead atoms. The zero-order valence-electron chi connectivity index (χ0n) is 41.7. The number of nitrogens with zero attached hydrogens (tertiary/aromatic N) is 6. The molecule has 8 aromatic heterocycles. The van der Waals surface area contributed by atoms with Gasteiger partial charge in [0.1, 0.15) is 16.9 Å². The Bertz CT molecular complexity index is 4930. The number of furan rings is 2. The van der Waals surface area contributed by atoms with E-state index in [1.165, 1.54) is 76.2 Å². The molecule has 0 spiro atoms. The molecule has 8 heteroatoms. The fourth-order valence-corrected chi connectivity index (χ4v) is 12.6. The van der Waals surface area contributed by atoms with Crippen molar-refractivity contribution in [3.8, 4) is 22.7 Å². The summed E-state index contributed by atoms with van der Waals surface area (Å²) in [6.07, 6.45) is 5.75. The Hall–Kier alpha value is -10.7. The Kier molecular flexibility index (Phi) is 8.96. The van der Waals surface area contributed by atoms with Crippen LogP contribution in [0, 0.1) is 0 Å². The normalized spacial score (nSPS) is 12.1. The molecule has 0 amide bonds. The highest BCUT2D eigenvalue weighted by molar-refractivity contribution is 6.15. The summed E-state index contributed by atoms with van der Waals surface area (Å²) in [6, 6.07) is 83.6. The second kappa shape index (κ2) is 16.4. The van der Waals surface area contributed by atoms with Crippen LogP contribution in [0.1, 0.15) is 0 Å². The van der Waals surface area contributed by atoms with Crippen LogP contribution in [0.15, 0.2) is 264 Å². The van der Waals surface area contributed by atoms with Crippen molar-refractivity contribution in [2.45, 2.75) is 0 Å². The number of para-hydroxylation sites is 8. The highest BCUT2D eigenvalue weighted by atomic mass is 16.3. The van der Waals surface area contributed by atoms with Crippen molar-refractivity contribution in [2.24, 2.45) is 0 Å². The van der Waals surface area contributed by atoms with Gasteiger partial charge in [0.2, 0.25) is 5.71 Å². The van der Waals surface area contributed by atoms with Crippen molar-refractivity contribution in [1.82, 2.24) is 28.2 Å². The third-order valence-corrected chi connectivity index (χ3v) is 16.0. The van der Waals surface area contributed by atoms with Crippen LogP contribution >= 0.6 is 0 Å². The van der Waals surface area contributed by atoms with E-state index in [1.54, 1.807) is 0 Å². The van der Waals surface area contributed by atoms with Crippen LogP contribution in [-0.2, 0) is 0 Å². The van der Waals surface area contributed by atoms with Crippen LogP contribution in [0.5, 0.6) is 0 Å². The molecule has 0 saturated heterocycles. The minimum atomic E-state index is 0.647. The zero-order chi connectivity index (χ0) is 51.0. The standard InChI is InChI=1S/2C35H21N3O/c1-5-13-30-24(9-1)25-10-2-6-14-31(25)37(30)22-17-18-34-28(19-22)29-20-23(21-36-35(29)39-34)38-32-15-7-3-11-26(32)27-12-4-8-16-33(27)38;1-5-13-29-23(9-1)24-10-2-6-14-30(24)37(29)22-17-18-34-27(19-22)28-20-36-21-33(35(28)39-34)38-31-15-7-3-11-25(31)26-12-4-8-16-32(26)38/h2*1-21H. The first-order valence-electron chi connectivity index (χ1n) is 26.3. The minimum absolute atomic E-state index is 0.647. The Morgan fingerprint density at radius 2 is 0.590 bits per heavy atom. The molecule has 8 nitrogen and oxygen atoms in total. The average molecular weight is 999 g/mol. The summed E-state index contributed by atoms with van der Waals surface area (Å²) in [5.74, 6) is 0. The quantitative estimate of drug-likeness (QED) is 0.176. The second-order valence-corrected chi connectivity index (χ2v) is 20.1. The van der Waals surface area contributed by atoms with Gasteiger partial charge in [0, 0.05) is 76.8 Å². The van der Waals surface area contributed by atoms with E-state index < -0.39 is 0 Å². The Morgan fingerprint density at radius 3 is 1.00 bits per heavy atom. The molecular weight excluding hydrogens is 957 g/mol. The van der Waals surface area contributed by atoms with E-state index in [0.717, 1.165) is 72.1 Å². The molecule has 0 atom stereocenters. The highest BCUT2D eigenvalue weighted by Crippen LogP contribution is 2.41. The molecule has 10 aromatic carbocycles.